The maximum absolute atomic E-state index is 14.6. The van der Waals surface area contributed by atoms with Gasteiger partial charge in [-0.25, -0.2) is 14.4 Å². The second-order valence-electron chi connectivity index (χ2n) is 8.12. The van der Waals surface area contributed by atoms with Gasteiger partial charge in [0, 0.05) is 51.4 Å². The highest BCUT2D eigenvalue weighted by molar-refractivity contribution is 5.93. The average Bonchev–Trinajstić information content (AvgIpc) is 3.55. The summed E-state index contributed by atoms with van der Waals surface area (Å²) < 4.78 is 23.3. The third-order valence-electron chi connectivity index (χ3n) is 5.75. The highest BCUT2D eigenvalue weighted by Crippen LogP contribution is 2.31. The summed E-state index contributed by atoms with van der Waals surface area (Å²) >= 11 is 0. The Bertz CT molecular complexity index is 1480. The Morgan fingerprint density at radius 3 is 2.97 bits per heavy atom. The van der Waals surface area contributed by atoms with E-state index in [-0.39, 0.29) is 29.7 Å². The minimum absolute atomic E-state index is 0.188. The standard InChI is InChI=1S/C23H21FN8O2/c1-30(2)22(33)18-8-19(31(3)29-18)16-11-27-23(32-12-13(9-25)28-21(16)32)26-10-15-14-6-7-34-20(14)5-4-17(15)24/h4-5,8,11-12H,6-7,10H2,1-3H3,(H,26,27). The van der Waals surface area contributed by atoms with E-state index in [9.17, 15) is 14.4 Å². The first-order valence-corrected chi connectivity index (χ1v) is 10.6. The minimum atomic E-state index is -0.319. The van der Waals surface area contributed by atoms with Crippen molar-refractivity contribution in [3.8, 4) is 23.1 Å². The van der Waals surface area contributed by atoms with E-state index >= 15 is 0 Å². The molecule has 1 aromatic carbocycles. The number of nitrogens with one attached hydrogen (secondary N) is 1. The summed E-state index contributed by atoms with van der Waals surface area (Å²) in [6.45, 7) is 0.714. The molecule has 3 aromatic heterocycles. The number of rotatable bonds is 5. The van der Waals surface area contributed by atoms with Crippen LogP contribution in [-0.2, 0) is 20.0 Å². The molecule has 172 valence electrons. The van der Waals surface area contributed by atoms with Gasteiger partial charge in [0.05, 0.1) is 24.1 Å². The molecule has 0 radical (unpaired) electrons. The molecule has 34 heavy (non-hydrogen) atoms. The van der Waals surface area contributed by atoms with Gasteiger partial charge in [-0.3, -0.25) is 13.9 Å². The van der Waals surface area contributed by atoms with Crippen LogP contribution in [0.25, 0.3) is 16.9 Å². The van der Waals surface area contributed by atoms with Gasteiger partial charge in [0.2, 0.25) is 5.95 Å². The number of amides is 1. The van der Waals surface area contributed by atoms with Crippen LogP contribution in [0, 0.1) is 17.1 Å². The quantitative estimate of drug-likeness (QED) is 0.486. The molecular weight excluding hydrogens is 439 g/mol. The fourth-order valence-electron chi connectivity index (χ4n) is 4.07. The summed E-state index contributed by atoms with van der Waals surface area (Å²) in [7, 11) is 5.03. The number of benzene rings is 1. The van der Waals surface area contributed by atoms with Gasteiger partial charge in [-0.05, 0) is 18.2 Å². The Balaban J connectivity index is 1.54. The second kappa shape index (κ2) is 8.15. The zero-order valence-corrected chi connectivity index (χ0v) is 18.8. The molecule has 10 nitrogen and oxygen atoms in total. The number of hydrogen-bond acceptors (Lipinski definition) is 7. The molecule has 1 aliphatic rings. The van der Waals surface area contributed by atoms with Gasteiger partial charge in [-0.2, -0.15) is 10.4 Å². The van der Waals surface area contributed by atoms with Crippen LogP contribution in [0.4, 0.5) is 10.3 Å². The molecule has 0 atom stereocenters. The first-order chi connectivity index (χ1) is 16.4. The molecular formula is C23H21FN8O2. The van der Waals surface area contributed by atoms with Crippen LogP contribution in [-0.4, -0.2) is 55.7 Å². The van der Waals surface area contributed by atoms with Crippen molar-refractivity contribution in [3.63, 3.8) is 0 Å². The number of aromatic nitrogens is 5. The first-order valence-electron chi connectivity index (χ1n) is 10.6. The molecule has 5 rings (SSSR count). The van der Waals surface area contributed by atoms with Crippen molar-refractivity contribution in [2.24, 2.45) is 7.05 Å². The predicted octanol–water partition coefficient (Wildman–Crippen LogP) is 2.39. The van der Waals surface area contributed by atoms with Gasteiger partial charge in [-0.15, -0.1) is 0 Å². The normalized spacial score (nSPS) is 12.3. The van der Waals surface area contributed by atoms with Gasteiger partial charge >= 0.3 is 0 Å². The average molecular weight is 460 g/mol. The largest absolute Gasteiger partial charge is 0.493 e. The van der Waals surface area contributed by atoms with Crippen molar-refractivity contribution in [2.45, 2.75) is 13.0 Å². The molecule has 0 unspecified atom stereocenters. The Labute approximate surface area is 194 Å². The van der Waals surface area contributed by atoms with Gasteiger partial charge < -0.3 is 15.0 Å². The van der Waals surface area contributed by atoms with E-state index in [1.165, 1.54) is 11.0 Å². The van der Waals surface area contributed by atoms with E-state index in [0.717, 1.165) is 5.56 Å². The molecule has 0 fully saturated rings. The number of fused-ring (bicyclic) bond motifs is 2. The van der Waals surface area contributed by atoms with Crippen LogP contribution in [0.3, 0.4) is 0 Å². The highest BCUT2D eigenvalue weighted by Gasteiger charge is 2.22. The number of hydrogen-bond donors (Lipinski definition) is 1. The lowest BCUT2D eigenvalue weighted by Gasteiger charge is -2.13. The van der Waals surface area contributed by atoms with Gasteiger partial charge in [0.25, 0.3) is 5.91 Å². The molecule has 4 aromatic rings. The van der Waals surface area contributed by atoms with E-state index in [0.29, 0.717) is 47.2 Å². The van der Waals surface area contributed by atoms with E-state index in [1.54, 1.807) is 54.8 Å². The van der Waals surface area contributed by atoms with Crippen molar-refractivity contribution in [2.75, 3.05) is 26.0 Å². The Hall–Kier alpha value is -4.46. The zero-order valence-electron chi connectivity index (χ0n) is 18.8. The maximum atomic E-state index is 14.6. The van der Waals surface area contributed by atoms with Crippen molar-refractivity contribution in [1.82, 2.24) is 29.0 Å². The SMILES string of the molecule is CN(C)C(=O)c1cc(-c2cnc(NCc3c(F)ccc4c3CCO4)n3cc(C#N)nc23)n(C)n1. The number of imidazole rings is 1. The van der Waals surface area contributed by atoms with Gasteiger partial charge in [-0.1, -0.05) is 0 Å². The molecule has 11 heteroatoms. The number of nitriles is 1. The molecule has 0 saturated carbocycles. The minimum Gasteiger partial charge on any atom is -0.493 e. The summed E-state index contributed by atoms with van der Waals surface area (Å²) in [5.74, 6) is 0.545. The lowest BCUT2D eigenvalue weighted by molar-refractivity contribution is 0.0821. The monoisotopic (exact) mass is 460 g/mol. The molecule has 4 heterocycles. The van der Waals surface area contributed by atoms with Gasteiger partial charge in [0.1, 0.15) is 17.6 Å². The number of anilines is 1. The molecule has 0 aliphatic carbocycles. The molecule has 1 aliphatic heterocycles. The van der Waals surface area contributed by atoms with Crippen LogP contribution in [0.5, 0.6) is 5.75 Å². The van der Waals surface area contributed by atoms with Crippen molar-refractivity contribution >= 4 is 17.5 Å². The topological polar surface area (TPSA) is 113 Å². The summed E-state index contributed by atoms with van der Waals surface area (Å²) in [5.41, 5.74) is 3.52. The fraction of sp³-hybridized carbons (Fsp3) is 0.261. The number of carbonyl (C=O) groups excluding carboxylic acids is 1. The van der Waals surface area contributed by atoms with Crippen LogP contribution in [0.15, 0.2) is 30.6 Å². The van der Waals surface area contributed by atoms with E-state index in [1.807, 2.05) is 6.07 Å². The van der Waals surface area contributed by atoms with Crippen molar-refractivity contribution < 1.29 is 13.9 Å². The maximum Gasteiger partial charge on any atom is 0.273 e. The van der Waals surface area contributed by atoms with E-state index < -0.39 is 0 Å². The Kier molecular flexibility index (Phi) is 5.13. The highest BCUT2D eigenvalue weighted by atomic mass is 19.1. The fourth-order valence-corrected chi connectivity index (χ4v) is 4.07. The van der Waals surface area contributed by atoms with E-state index in [2.05, 4.69) is 20.4 Å². The number of carbonyl (C=O) groups is 1. The Morgan fingerprint density at radius 2 is 2.21 bits per heavy atom. The molecule has 1 amide bonds. The molecule has 0 bridgehead atoms. The van der Waals surface area contributed by atoms with Crippen LogP contribution >= 0.6 is 0 Å². The van der Waals surface area contributed by atoms with E-state index in [4.69, 9.17) is 4.74 Å². The third kappa shape index (κ3) is 3.49. The number of halogens is 1. The summed E-state index contributed by atoms with van der Waals surface area (Å²) in [4.78, 5) is 22.7. The summed E-state index contributed by atoms with van der Waals surface area (Å²) in [6, 6.07) is 6.75. The predicted molar refractivity (Wildman–Crippen MR) is 121 cm³/mol. The first kappa shape index (κ1) is 21.4. The zero-order chi connectivity index (χ0) is 24.0. The van der Waals surface area contributed by atoms with Crippen molar-refractivity contribution in [3.05, 3.63) is 58.9 Å². The number of nitrogens with zero attached hydrogens (tertiary/aromatic N) is 7. The van der Waals surface area contributed by atoms with Crippen LogP contribution < -0.4 is 10.1 Å². The summed E-state index contributed by atoms with van der Waals surface area (Å²) in [5, 5.41) is 16.9. The lowest BCUT2D eigenvalue weighted by Crippen LogP contribution is -2.22. The van der Waals surface area contributed by atoms with Crippen LogP contribution in [0.1, 0.15) is 27.3 Å². The van der Waals surface area contributed by atoms with Crippen LogP contribution in [0.2, 0.25) is 0 Å². The molecule has 0 spiro atoms. The number of ether oxygens (including phenoxy) is 1. The lowest BCUT2D eigenvalue weighted by atomic mass is 10.0. The van der Waals surface area contributed by atoms with Crippen molar-refractivity contribution in [1.29, 1.82) is 5.26 Å². The molecule has 1 N–H and O–H groups in total. The number of aryl methyl sites for hydroxylation is 1. The molecule has 0 saturated heterocycles. The van der Waals surface area contributed by atoms with Gasteiger partial charge in [0.15, 0.2) is 17.0 Å². The summed E-state index contributed by atoms with van der Waals surface area (Å²) in [6.07, 6.45) is 3.80. The third-order valence-corrected chi connectivity index (χ3v) is 5.75. The smallest absolute Gasteiger partial charge is 0.273 e. The second-order valence-corrected chi connectivity index (χ2v) is 8.12. The Morgan fingerprint density at radius 1 is 1.38 bits per heavy atom.